The molecule has 0 unspecified atom stereocenters. The Hall–Kier alpha value is -1.71. The number of hydrogen-bond acceptors (Lipinski definition) is 1. The molecule has 0 bridgehead atoms. The van der Waals surface area contributed by atoms with E-state index in [-0.39, 0.29) is 12.1 Å². The van der Waals surface area contributed by atoms with Gasteiger partial charge in [0.2, 0.25) is 0 Å². The number of amides is 2. The van der Waals surface area contributed by atoms with E-state index in [9.17, 15) is 4.79 Å². The van der Waals surface area contributed by atoms with Gasteiger partial charge in [-0.05, 0) is 30.7 Å². The Morgan fingerprint density at radius 1 is 1.10 bits per heavy atom. The lowest BCUT2D eigenvalue weighted by Gasteiger charge is -2.15. The maximum Gasteiger partial charge on any atom is 0.319 e. The van der Waals surface area contributed by atoms with E-state index in [1.807, 2.05) is 37.3 Å². The van der Waals surface area contributed by atoms with E-state index in [4.69, 9.17) is 23.2 Å². The highest BCUT2D eigenvalue weighted by atomic mass is 35.5. The van der Waals surface area contributed by atoms with E-state index in [1.54, 1.807) is 18.2 Å². The third kappa shape index (κ3) is 3.89. The summed E-state index contributed by atoms with van der Waals surface area (Å²) in [6.07, 6.45) is 0. The minimum atomic E-state index is -0.314. The number of nitrogens with one attached hydrogen (secondary N) is 2. The molecule has 0 spiro atoms. The van der Waals surface area contributed by atoms with Gasteiger partial charge < -0.3 is 10.6 Å². The molecule has 5 heteroatoms. The summed E-state index contributed by atoms with van der Waals surface area (Å²) < 4.78 is 0. The summed E-state index contributed by atoms with van der Waals surface area (Å²) in [5.74, 6) is 0. The summed E-state index contributed by atoms with van der Waals surface area (Å²) in [6, 6.07) is 14.2. The molecule has 0 saturated carbocycles. The van der Waals surface area contributed by atoms with Gasteiger partial charge in [-0.3, -0.25) is 0 Å². The van der Waals surface area contributed by atoms with Gasteiger partial charge in [-0.2, -0.15) is 0 Å². The number of carbonyl (C=O) groups excluding carboxylic acids is 1. The van der Waals surface area contributed by atoms with Crippen molar-refractivity contribution < 1.29 is 4.79 Å². The van der Waals surface area contributed by atoms with Crippen molar-refractivity contribution in [3.63, 3.8) is 0 Å². The van der Waals surface area contributed by atoms with Crippen LogP contribution in [-0.2, 0) is 0 Å². The molecule has 3 nitrogen and oxygen atoms in total. The van der Waals surface area contributed by atoms with Gasteiger partial charge >= 0.3 is 6.03 Å². The predicted octanol–water partition coefficient (Wildman–Crippen LogP) is 4.88. The van der Waals surface area contributed by atoms with Crippen LogP contribution in [0.3, 0.4) is 0 Å². The van der Waals surface area contributed by atoms with Crippen LogP contribution in [0, 0.1) is 0 Å². The molecule has 0 heterocycles. The topological polar surface area (TPSA) is 41.1 Å². The highest BCUT2D eigenvalue weighted by molar-refractivity contribution is 6.36. The molecule has 0 aromatic heterocycles. The molecule has 0 aliphatic carbocycles. The van der Waals surface area contributed by atoms with E-state index >= 15 is 0 Å². The molecule has 0 saturated heterocycles. The molecule has 2 amide bonds. The molecule has 0 fully saturated rings. The molecular formula is C15H14Cl2N2O. The fourth-order valence-corrected chi connectivity index (χ4v) is 2.23. The van der Waals surface area contributed by atoms with Crippen molar-refractivity contribution in [1.82, 2.24) is 5.32 Å². The molecule has 2 aromatic carbocycles. The molecular weight excluding hydrogens is 295 g/mol. The second kappa shape index (κ2) is 6.64. The van der Waals surface area contributed by atoms with Crippen LogP contribution < -0.4 is 10.6 Å². The third-order valence-electron chi connectivity index (χ3n) is 2.83. The number of halogens is 2. The quantitative estimate of drug-likeness (QED) is 0.834. The van der Waals surface area contributed by atoms with Crippen LogP contribution in [0.25, 0.3) is 0 Å². The lowest BCUT2D eigenvalue weighted by molar-refractivity contribution is 0.249. The average molecular weight is 309 g/mol. The summed E-state index contributed by atoms with van der Waals surface area (Å²) in [4.78, 5) is 11.9. The largest absolute Gasteiger partial charge is 0.331 e. The Bertz CT molecular complexity index is 602. The first-order valence-corrected chi connectivity index (χ1v) is 6.89. The number of urea groups is 1. The van der Waals surface area contributed by atoms with Crippen LogP contribution in [0.1, 0.15) is 18.5 Å². The molecule has 1 atom stereocenters. The smallest absolute Gasteiger partial charge is 0.319 e. The van der Waals surface area contributed by atoms with Crippen LogP contribution in [0.4, 0.5) is 10.5 Å². The highest BCUT2D eigenvalue weighted by Crippen LogP contribution is 2.25. The van der Waals surface area contributed by atoms with Crippen LogP contribution >= 0.6 is 23.2 Å². The molecule has 2 N–H and O–H groups in total. The first kappa shape index (κ1) is 14.7. The fourth-order valence-electron chi connectivity index (χ4n) is 1.77. The maximum atomic E-state index is 11.9. The average Bonchev–Trinajstić information content (AvgIpc) is 2.43. The van der Waals surface area contributed by atoms with E-state index in [0.717, 1.165) is 5.56 Å². The molecule has 0 aliphatic heterocycles. The van der Waals surface area contributed by atoms with Crippen molar-refractivity contribution in [3.05, 3.63) is 64.1 Å². The predicted molar refractivity (Wildman–Crippen MR) is 83.5 cm³/mol. The summed E-state index contributed by atoms with van der Waals surface area (Å²) in [5, 5.41) is 6.47. The van der Waals surface area contributed by atoms with Crippen LogP contribution in [0.2, 0.25) is 10.0 Å². The Balaban J connectivity index is 1.99. The lowest BCUT2D eigenvalue weighted by atomic mass is 10.1. The minimum Gasteiger partial charge on any atom is -0.331 e. The standard InChI is InChI=1S/C15H14Cl2N2O/c1-10(11-5-3-2-4-6-11)18-15(20)19-14-8-7-12(16)9-13(14)17/h2-10H,1H3,(H2,18,19,20)/t10-/m1/s1. The molecule has 20 heavy (non-hydrogen) atoms. The van der Waals surface area contributed by atoms with Gasteiger partial charge in [0.25, 0.3) is 0 Å². The van der Waals surface area contributed by atoms with Crippen molar-refractivity contribution >= 4 is 34.9 Å². The Kier molecular flexibility index (Phi) is 4.88. The summed E-state index contributed by atoms with van der Waals surface area (Å²) in [5.41, 5.74) is 1.55. The summed E-state index contributed by atoms with van der Waals surface area (Å²) in [6.45, 7) is 1.92. The third-order valence-corrected chi connectivity index (χ3v) is 3.37. The lowest BCUT2D eigenvalue weighted by Crippen LogP contribution is -2.31. The molecule has 0 aliphatic rings. The van der Waals surface area contributed by atoms with Crippen LogP contribution in [0.15, 0.2) is 48.5 Å². The van der Waals surface area contributed by atoms with Crippen molar-refractivity contribution in [2.75, 3.05) is 5.32 Å². The molecule has 104 valence electrons. The Morgan fingerprint density at radius 2 is 1.80 bits per heavy atom. The first-order valence-electron chi connectivity index (χ1n) is 6.14. The number of benzene rings is 2. The van der Waals surface area contributed by atoms with Gasteiger partial charge in [-0.15, -0.1) is 0 Å². The number of rotatable bonds is 3. The number of anilines is 1. The van der Waals surface area contributed by atoms with Crippen molar-refractivity contribution in [1.29, 1.82) is 0 Å². The Morgan fingerprint density at radius 3 is 2.45 bits per heavy atom. The van der Waals surface area contributed by atoms with E-state index in [1.165, 1.54) is 0 Å². The zero-order valence-corrected chi connectivity index (χ0v) is 12.4. The van der Waals surface area contributed by atoms with Gasteiger partial charge in [-0.1, -0.05) is 53.5 Å². The second-order valence-electron chi connectivity index (χ2n) is 4.36. The minimum absolute atomic E-state index is 0.0951. The summed E-state index contributed by atoms with van der Waals surface area (Å²) >= 11 is 11.8. The normalized spacial score (nSPS) is 11.8. The number of carbonyl (C=O) groups is 1. The van der Waals surface area contributed by atoms with Crippen molar-refractivity contribution in [3.8, 4) is 0 Å². The molecule has 2 aromatic rings. The van der Waals surface area contributed by atoms with Gasteiger partial charge in [0.05, 0.1) is 16.8 Å². The molecule has 2 rings (SSSR count). The zero-order chi connectivity index (χ0) is 14.5. The fraction of sp³-hybridized carbons (Fsp3) is 0.133. The maximum absolute atomic E-state index is 11.9. The van der Waals surface area contributed by atoms with E-state index < -0.39 is 0 Å². The first-order chi connectivity index (χ1) is 9.56. The van der Waals surface area contributed by atoms with Gasteiger partial charge in [0, 0.05) is 5.02 Å². The Labute approximate surface area is 127 Å². The SMILES string of the molecule is C[C@@H](NC(=O)Nc1ccc(Cl)cc1Cl)c1ccccc1. The number of hydrogen-bond donors (Lipinski definition) is 2. The van der Waals surface area contributed by atoms with Crippen molar-refractivity contribution in [2.45, 2.75) is 13.0 Å². The highest BCUT2D eigenvalue weighted by Gasteiger charge is 2.10. The summed E-state index contributed by atoms with van der Waals surface area (Å²) in [7, 11) is 0. The van der Waals surface area contributed by atoms with Crippen LogP contribution in [-0.4, -0.2) is 6.03 Å². The zero-order valence-electron chi connectivity index (χ0n) is 10.9. The van der Waals surface area contributed by atoms with E-state index in [0.29, 0.717) is 15.7 Å². The molecule has 0 radical (unpaired) electrons. The second-order valence-corrected chi connectivity index (χ2v) is 5.20. The van der Waals surface area contributed by atoms with Gasteiger partial charge in [0.1, 0.15) is 0 Å². The monoisotopic (exact) mass is 308 g/mol. The van der Waals surface area contributed by atoms with E-state index in [2.05, 4.69) is 10.6 Å². The van der Waals surface area contributed by atoms with Crippen molar-refractivity contribution in [2.24, 2.45) is 0 Å². The van der Waals surface area contributed by atoms with Crippen LogP contribution in [0.5, 0.6) is 0 Å². The van der Waals surface area contributed by atoms with Gasteiger partial charge in [0.15, 0.2) is 0 Å². The van der Waals surface area contributed by atoms with Gasteiger partial charge in [-0.25, -0.2) is 4.79 Å².